The third kappa shape index (κ3) is 4.77. The summed E-state index contributed by atoms with van der Waals surface area (Å²) in [5.41, 5.74) is 1.70. The fourth-order valence-electron chi connectivity index (χ4n) is 2.88. The molecule has 1 N–H and O–H groups in total. The Morgan fingerprint density at radius 3 is 2.55 bits per heavy atom. The monoisotopic (exact) mass is 437 g/mol. The number of imidazole rings is 1. The van der Waals surface area contributed by atoms with Crippen LogP contribution in [0, 0.1) is 12.7 Å². The van der Waals surface area contributed by atoms with Gasteiger partial charge in [-0.25, -0.2) is 22.5 Å². The Hall–Kier alpha value is -2.42. The van der Waals surface area contributed by atoms with Crippen LogP contribution in [-0.4, -0.2) is 18.0 Å². The van der Waals surface area contributed by atoms with Crippen molar-refractivity contribution in [3.63, 3.8) is 0 Å². The Morgan fingerprint density at radius 1 is 1.24 bits per heavy atom. The lowest BCUT2D eigenvalue weighted by Crippen LogP contribution is -2.29. The molecule has 0 aliphatic carbocycles. The Bertz CT molecular complexity index is 1110. The van der Waals surface area contributed by atoms with Gasteiger partial charge in [-0.05, 0) is 51.1 Å². The zero-order valence-corrected chi connectivity index (χ0v) is 17.8. The average molecular weight is 438 g/mol. The highest BCUT2D eigenvalue weighted by atomic mass is 35.5. The molecule has 0 amide bonds. The molecule has 0 radical (unpaired) electrons. The first-order valence-electron chi connectivity index (χ1n) is 8.98. The van der Waals surface area contributed by atoms with Crippen LogP contribution in [0.2, 0.25) is 5.02 Å². The fourth-order valence-corrected chi connectivity index (χ4v) is 4.31. The maximum absolute atomic E-state index is 14.1. The lowest BCUT2D eigenvalue weighted by Gasteiger charge is -2.17. The summed E-state index contributed by atoms with van der Waals surface area (Å²) in [7, 11) is -4.10. The zero-order chi connectivity index (χ0) is 21.2. The quantitative estimate of drug-likeness (QED) is 0.574. The van der Waals surface area contributed by atoms with E-state index in [1.54, 1.807) is 17.7 Å². The lowest BCUT2D eigenvalue weighted by molar-refractivity contribution is 0.408. The Kier molecular flexibility index (Phi) is 6.26. The van der Waals surface area contributed by atoms with Gasteiger partial charge in [-0.3, -0.25) is 4.57 Å². The van der Waals surface area contributed by atoms with E-state index < -0.39 is 26.8 Å². The molecule has 2 aromatic carbocycles. The first kappa shape index (κ1) is 21.3. The molecule has 154 valence electrons. The van der Waals surface area contributed by atoms with Gasteiger partial charge in [0.25, 0.3) is 0 Å². The van der Waals surface area contributed by atoms with E-state index in [-0.39, 0.29) is 5.02 Å². The number of ether oxygens (including phenoxy) is 1. The summed E-state index contributed by atoms with van der Waals surface area (Å²) in [6, 6.07) is 10.6. The molecule has 0 saturated carbocycles. The van der Waals surface area contributed by atoms with Gasteiger partial charge >= 0.3 is 6.01 Å². The van der Waals surface area contributed by atoms with Crippen molar-refractivity contribution < 1.29 is 17.5 Å². The molecule has 29 heavy (non-hydrogen) atoms. The summed E-state index contributed by atoms with van der Waals surface area (Å²) < 4.78 is 49.4. The molecule has 1 heterocycles. The standard InChI is InChI=1S/C20H21ClFN3O3S/c1-4-25-18(12-23-20(25)28-16-8-5-13(2)6-9-16)14(3)24-29(26,27)19-10-7-15(21)11-17(19)22/h5-12,14,24H,4H2,1-3H3. The molecule has 0 aliphatic rings. The van der Waals surface area contributed by atoms with Gasteiger partial charge in [0, 0.05) is 11.6 Å². The van der Waals surface area contributed by atoms with E-state index in [4.69, 9.17) is 16.3 Å². The van der Waals surface area contributed by atoms with Crippen molar-refractivity contribution in [2.45, 2.75) is 38.3 Å². The van der Waals surface area contributed by atoms with E-state index in [0.29, 0.717) is 24.0 Å². The second kappa shape index (κ2) is 8.52. The van der Waals surface area contributed by atoms with E-state index in [1.807, 2.05) is 38.1 Å². The molecule has 3 rings (SSSR count). The van der Waals surface area contributed by atoms with Gasteiger partial charge < -0.3 is 4.74 Å². The van der Waals surface area contributed by atoms with Gasteiger partial charge in [0.05, 0.1) is 17.9 Å². The summed E-state index contributed by atoms with van der Waals surface area (Å²) in [5, 5.41) is 0.122. The predicted octanol–water partition coefficient (Wildman–Crippen LogP) is 4.84. The largest absolute Gasteiger partial charge is 0.426 e. The van der Waals surface area contributed by atoms with Gasteiger partial charge in [0.2, 0.25) is 10.0 Å². The van der Waals surface area contributed by atoms with Gasteiger partial charge in [0.15, 0.2) is 0 Å². The lowest BCUT2D eigenvalue weighted by atomic mass is 10.2. The molecule has 1 aromatic heterocycles. The van der Waals surface area contributed by atoms with E-state index >= 15 is 0 Å². The zero-order valence-electron chi connectivity index (χ0n) is 16.2. The molecular weight excluding hydrogens is 417 g/mol. The molecule has 0 fully saturated rings. The normalized spacial score (nSPS) is 12.7. The second-order valence-corrected chi connectivity index (χ2v) is 8.66. The van der Waals surface area contributed by atoms with Crippen LogP contribution in [0.1, 0.15) is 31.1 Å². The number of halogens is 2. The van der Waals surface area contributed by atoms with Gasteiger partial charge in [-0.15, -0.1) is 0 Å². The molecule has 1 unspecified atom stereocenters. The molecule has 9 heteroatoms. The van der Waals surface area contributed by atoms with Crippen LogP contribution in [0.3, 0.4) is 0 Å². The smallest absolute Gasteiger partial charge is 0.302 e. The first-order valence-corrected chi connectivity index (χ1v) is 10.8. The van der Waals surface area contributed by atoms with E-state index in [9.17, 15) is 12.8 Å². The maximum atomic E-state index is 14.1. The SMILES string of the molecule is CCn1c(C(C)NS(=O)(=O)c2ccc(Cl)cc2F)cnc1Oc1ccc(C)cc1. The fraction of sp³-hybridized carbons (Fsp3) is 0.250. The summed E-state index contributed by atoms with van der Waals surface area (Å²) in [5.74, 6) is -0.288. The molecular formula is C20H21ClFN3O3S. The van der Waals surface area contributed by atoms with Crippen LogP contribution in [0.4, 0.5) is 4.39 Å². The maximum Gasteiger partial charge on any atom is 0.302 e. The van der Waals surface area contributed by atoms with E-state index in [1.165, 1.54) is 6.07 Å². The van der Waals surface area contributed by atoms with E-state index in [0.717, 1.165) is 17.7 Å². The van der Waals surface area contributed by atoms with Crippen LogP contribution < -0.4 is 9.46 Å². The minimum atomic E-state index is -4.10. The number of hydrogen-bond acceptors (Lipinski definition) is 4. The highest BCUT2D eigenvalue weighted by molar-refractivity contribution is 7.89. The van der Waals surface area contributed by atoms with Gasteiger partial charge in [-0.2, -0.15) is 0 Å². The Balaban J connectivity index is 1.84. The van der Waals surface area contributed by atoms with Gasteiger partial charge in [-0.1, -0.05) is 29.3 Å². The Morgan fingerprint density at radius 2 is 1.93 bits per heavy atom. The number of aromatic nitrogens is 2. The minimum Gasteiger partial charge on any atom is -0.426 e. The number of benzene rings is 2. The molecule has 0 saturated heterocycles. The number of nitrogens with zero attached hydrogens (tertiary/aromatic N) is 2. The molecule has 1 atom stereocenters. The predicted molar refractivity (Wildman–Crippen MR) is 109 cm³/mol. The number of nitrogens with one attached hydrogen (secondary N) is 1. The second-order valence-electron chi connectivity index (χ2n) is 6.54. The number of hydrogen-bond donors (Lipinski definition) is 1. The van der Waals surface area contributed by atoms with Crippen molar-refractivity contribution in [3.05, 3.63) is 70.8 Å². The molecule has 0 spiro atoms. The third-order valence-corrected chi connectivity index (χ3v) is 6.16. The van der Waals surface area contributed by atoms with Crippen molar-refractivity contribution in [2.24, 2.45) is 0 Å². The van der Waals surface area contributed by atoms with Crippen molar-refractivity contribution in [1.82, 2.24) is 14.3 Å². The topological polar surface area (TPSA) is 73.2 Å². The highest BCUT2D eigenvalue weighted by Gasteiger charge is 2.25. The first-order chi connectivity index (χ1) is 13.7. The molecule has 0 bridgehead atoms. The van der Waals surface area contributed by atoms with Crippen molar-refractivity contribution >= 4 is 21.6 Å². The van der Waals surface area contributed by atoms with Crippen LogP contribution in [0.5, 0.6) is 11.8 Å². The van der Waals surface area contributed by atoms with Crippen molar-refractivity contribution in [2.75, 3.05) is 0 Å². The summed E-state index contributed by atoms with van der Waals surface area (Å²) >= 11 is 5.71. The van der Waals surface area contributed by atoms with E-state index in [2.05, 4.69) is 9.71 Å². The average Bonchev–Trinajstić information content (AvgIpc) is 3.05. The Labute approximate surface area is 174 Å². The van der Waals surface area contributed by atoms with Crippen LogP contribution >= 0.6 is 11.6 Å². The summed E-state index contributed by atoms with van der Waals surface area (Å²) in [6.45, 7) is 6.04. The van der Waals surface area contributed by atoms with Crippen molar-refractivity contribution in [3.8, 4) is 11.8 Å². The molecule has 0 aliphatic heterocycles. The highest BCUT2D eigenvalue weighted by Crippen LogP contribution is 2.26. The van der Waals surface area contributed by atoms with Crippen LogP contribution in [-0.2, 0) is 16.6 Å². The number of aryl methyl sites for hydroxylation is 1. The summed E-state index contributed by atoms with van der Waals surface area (Å²) in [4.78, 5) is 3.81. The number of sulfonamides is 1. The van der Waals surface area contributed by atoms with Gasteiger partial charge in [0.1, 0.15) is 16.5 Å². The van der Waals surface area contributed by atoms with Crippen LogP contribution in [0.25, 0.3) is 0 Å². The molecule has 6 nitrogen and oxygen atoms in total. The van der Waals surface area contributed by atoms with Crippen molar-refractivity contribution in [1.29, 1.82) is 0 Å². The number of rotatable bonds is 7. The minimum absolute atomic E-state index is 0.122. The molecule has 3 aromatic rings. The van der Waals surface area contributed by atoms with Crippen LogP contribution in [0.15, 0.2) is 53.6 Å². The summed E-state index contributed by atoms with van der Waals surface area (Å²) in [6.07, 6.45) is 1.54. The third-order valence-electron chi connectivity index (χ3n) is 4.36.